The molecule has 0 bridgehead atoms. The van der Waals surface area contributed by atoms with Crippen molar-refractivity contribution in [1.82, 2.24) is 5.32 Å². The first-order valence-electron chi connectivity index (χ1n) is 7.43. The molecule has 2 heteroatoms. The molecule has 0 atom stereocenters. The van der Waals surface area contributed by atoms with Gasteiger partial charge in [0.2, 0.25) is 0 Å². The van der Waals surface area contributed by atoms with Gasteiger partial charge in [-0.15, -0.1) is 0 Å². The van der Waals surface area contributed by atoms with Crippen molar-refractivity contribution in [2.45, 2.75) is 32.6 Å². The lowest BCUT2D eigenvalue weighted by molar-refractivity contribution is 0.157. The second-order valence-corrected chi connectivity index (χ2v) is 4.70. The van der Waals surface area contributed by atoms with E-state index in [4.69, 9.17) is 4.74 Å². The molecule has 0 aliphatic rings. The average Bonchev–Trinajstić information content (AvgIpc) is 2.46. The quantitative estimate of drug-likeness (QED) is 0.610. The summed E-state index contributed by atoms with van der Waals surface area (Å²) in [6, 6.07) is 10.3. The summed E-state index contributed by atoms with van der Waals surface area (Å²) < 4.78 is 5.58. The van der Waals surface area contributed by atoms with Crippen LogP contribution in [0.4, 0.5) is 0 Å². The highest BCUT2D eigenvalue weighted by atomic mass is 16.5. The van der Waals surface area contributed by atoms with Crippen LogP contribution in [-0.2, 0) is 4.74 Å². The average molecular weight is 261 g/mol. The highest BCUT2D eigenvalue weighted by molar-refractivity contribution is 5.48. The van der Waals surface area contributed by atoms with Crippen molar-refractivity contribution in [2.24, 2.45) is 0 Å². The number of unbranched alkanes of at least 4 members (excludes halogenated alkanes) is 2. The Hall–Kier alpha value is -1.12. The van der Waals surface area contributed by atoms with Gasteiger partial charge >= 0.3 is 0 Å². The molecule has 1 N–H and O–H groups in total. The third kappa shape index (κ3) is 9.46. The number of ether oxygens (including phenoxy) is 1. The Labute approximate surface area is 117 Å². The second-order valence-electron chi connectivity index (χ2n) is 4.70. The third-order valence-electron chi connectivity index (χ3n) is 2.89. The van der Waals surface area contributed by atoms with Crippen molar-refractivity contribution in [3.63, 3.8) is 0 Å². The van der Waals surface area contributed by atoms with Gasteiger partial charge in [-0.2, -0.15) is 0 Å². The van der Waals surface area contributed by atoms with E-state index in [1.165, 1.54) is 24.8 Å². The fraction of sp³-hybridized carbons (Fsp3) is 0.529. The minimum atomic E-state index is 0.711. The van der Waals surface area contributed by atoms with Crippen LogP contribution in [0.2, 0.25) is 0 Å². The van der Waals surface area contributed by atoms with Crippen LogP contribution in [0.1, 0.15) is 38.2 Å². The summed E-state index contributed by atoms with van der Waals surface area (Å²) in [4.78, 5) is 0. The van der Waals surface area contributed by atoms with Crippen LogP contribution in [0.5, 0.6) is 0 Å². The summed E-state index contributed by atoms with van der Waals surface area (Å²) in [5.41, 5.74) is 1.23. The van der Waals surface area contributed by atoms with Crippen molar-refractivity contribution >= 4 is 6.08 Å². The van der Waals surface area contributed by atoms with E-state index >= 15 is 0 Å². The van der Waals surface area contributed by atoms with Crippen molar-refractivity contribution < 1.29 is 4.74 Å². The van der Waals surface area contributed by atoms with Crippen molar-refractivity contribution in [3.05, 3.63) is 42.0 Å². The van der Waals surface area contributed by atoms with Gasteiger partial charge < -0.3 is 10.1 Å². The Bertz CT molecular complexity index is 321. The summed E-state index contributed by atoms with van der Waals surface area (Å²) in [6.07, 6.45) is 9.07. The molecule has 0 saturated heterocycles. The molecule has 2 nitrogen and oxygen atoms in total. The summed E-state index contributed by atoms with van der Waals surface area (Å²) in [7, 11) is 0. The van der Waals surface area contributed by atoms with Gasteiger partial charge in [-0.1, -0.05) is 49.4 Å². The Morgan fingerprint density at radius 2 is 1.89 bits per heavy atom. The maximum atomic E-state index is 5.58. The minimum absolute atomic E-state index is 0.711. The van der Waals surface area contributed by atoms with Gasteiger partial charge in [0.1, 0.15) is 0 Å². The van der Waals surface area contributed by atoms with Crippen LogP contribution in [0.3, 0.4) is 0 Å². The van der Waals surface area contributed by atoms with Gasteiger partial charge in [0.15, 0.2) is 0 Å². The number of hydrogen-bond donors (Lipinski definition) is 1. The largest absolute Gasteiger partial charge is 0.377 e. The van der Waals surface area contributed by atoms with Crippen molar-refractivity contribution in [1.29, 1.82) is 0 Å². The summed E-state index contributed by atoms with van der Waals surface area (Å²) >= 11 is 0. The standard InChI is InChI=1S/C17H27NO/c1-2-13-18-14-7-4-8-15-19-16-9-12-17-10-5-3-6-11-17/h3,5-6,9-12,18H,2,4,7-8,13-16H2,1H3. The molecule has 0 saturated carbocycles. The molecule has 0 aliphatic heterocycles. The van der Waals surface area contributed by atoms with E-state index in [9.17, 15) is 0 Å². The second kappa shape index (κ2) is 11.9. The van der Waals surface area contributed by atoms with Crippen LogP contribution in [0.25, 0.3) is 6.08 Å². The summed E-state index contributed by atoms with van der Waals surface area (Å²) in [6.45, 7) is 6.06. The van der Waals surface area contributed by atoms with Crippen LogP contribution in [0.15, 0.2) is 36.4 Å². The maximum Gasteiger partial charge on any atom is 0.0650 e. The van der Waals surface area contributed by atoms with Crippen LogP contribution in [-0.4, -0.2) is 26.3 Å². The summed E-state index contributed by atoms with van der Waals surface area (Å²) in [5, 5.41) is 3.41. The first-order chi connectivity index (χ1) is 9.43. The molecule has 0 unspecified atom stereocenters. The molecule has 106 valence electrons. The normalized spacial score (nSPS) is 11.2. The Morgan fingerprint density at radius 3 is 2.68 bits per heavy atom. The molecule has 0 fully saturated rings. The highest BCUT2D eigenvalue weighted by Gasteiger charge is 1.90. The van der Waals surface area contributed by atoms with E-state index in [-0.39, 0.29) is 0 Å². The Balaban J connectivity index is 1.87. The fourth-order valence-corrected chi connectivity index (χ4v) is 1.83. The first kappa shape index (κ1) is 15.9. The lowest BCUT2D eigenvalue weighted by Gasteiger charge is -2.03. The molecule has 0 amide bonds. The Kier molecular flexibility index (Phi) is 10.0. The topological polar surface area (TPSA) is 21.3 Å². The maximum absolute atomic E-state index is 5.58. The van der Waals surface area contributed by atoms with Gasteiger partial charge in [0.25, 0.3) is 0 Å². The molecule has 0 spiro atoms. The van der Waals surface area contributed by atoms with Crippen LogP contribution < -0.4 is 5.32 Å². The molecule has 0 radical (unpaired) electrons. The van der Waals surface area contributed by atoms with E-state index in [1.807, 2.05) is 18.2 Å². The highest BCUT2D eigenvalue weighted by Crippen LogP contribution is 2.01. The lowest BCUT2D eigenvalue weighted by Crippen LogP contribution is -2.15. The van der Waals surface area contributed by atoms with E-state index in [0.717, 1.165) is 26.1 Å². The smallest absolute Gasteiger partial charge is 0.0650 e. The zero-order valence-electron chi connectivity index (χ0n) is 12.1. The molecule has 0 aromatic heterocycles. The van der Waals surface area contributed by atoms with E-state index in [2.05, 4.69) is 36.5 Å². The molecule has 1 aromatic rings. The van der Waals surface area contributed by atoms with Crippen molar-refractivity contribution in [2.75, 3.05) is 26.3 Å². The van der Waals surface area contributed by atoms with Gasteiger partial charge in [-0.25, -0.2) is 0 Å². The minimum Gasteiger partial charge on any atom is -0.377 e. The van der Waals surface area contributed by atoms with Gasteiger partial charge in [-0.3, -0.25) is 0 Å². The number of hydrogen-bond acceptors (Lipinski definition) is 2. The van der Waals surface area contributed by atoms with E-state index < -0.39 is 0 Å². The molecule has 1 aromatic carbocycles. The van der Waals surface area contributed by atoms with Gasteiger partial charge in [0.05, 0.1) is 6.61 Å². The molecule has 0 aliphatic carbocycles. The summed E-state index contributed by atoms with van der Waals surface area (Å²) in [5.74, 6) is 0. The lowest BCUT2D eigenvalue weighted by atomic mass is 10.2. The van der Waals surface area contributed by atoms with Gasteiger partial charge in [0, 0.05) is 6.61 Å². The molecule has 1 rings (SSSR count). The van der Waals surface area contributed by atoms with Crippen LogP contribution >= 0.6 is 0 Å². The number of benzene rings is 1. The molecular formula is C17H27NO. The van der Waals surface area contributed by atoms with Crippen LogP contribution in [0, 0.1) is 0 Å². The van der Waals surface area contributed by atoms with Crippen molar-refractivity contribution in [3.8, 4) is 0 Å². The monoisotopic (exact) mass is 261 g/mol. The Morgan fingerprint density at radius 1 is 1.05 bits per heavy atom. The predicted molar refractivity (Wildman–Crippen MR) is 83.3 cm³/mol. The fourth-order valence-electron chi connectivity index (χ4n) is 1.83. The SMILES string of the molecule is CCCNCCCCCOCC=Cc1ccccc1. The van der Waals surface area contributed by atoms with Gasteiger partial charge in [-0.05, 0) is 44.3 Å². The van der Waals surface area contributed by atoms with E-state index in [1.54, 1.807) is 0 Å². The molecular weight excluding hydrogens is 234 g/mol. The number of rotatable bonds is 11. The zero-order chi connectivity index (χ0) is 13.6. The first-order valence-corrected chi connectivity index (χ1v) is 7.43. The third-order valence-corrected chi connectivity index (χ3v) is 2.89. The predicted octanol–water partition coefficient (Wildman–Crippen LogP) is 3.89. The van der Waals surface area contributed by atoms with E-state index in [0.29, 0.717) is 6.61 Å². The molecule has 19 heavy (non-hydrogen) atoms. The number of nitrogens with one attached hydrogen (secondary N) is 1. The molecule has 0 heterocycles. The zero-order valence-corrected chi connectivity index (χ0v) is 12.1.